The van der Waals surface area contributed by atoms with Crippen LogP contribution in [0.5, 0.6) is 5.75 Å². The Labute approximate surface area is 123 Å². The van der Waals surface area contributed by atoms with E-state index >= 15 is 0 Å². The van der Waals surface area contributed by atoms with E-state index in [9.17, 15) is 20.0 Å². The van der Waals surface area contributed by atoms with Crippen LogP contribution in [0.15, 0.2) is 43.2 Å². The fraction of sp³-hybridized carbons (Fsp3) is 0.267. The lowest BCUT2D eigenvalue weighted by Gasteiger charge is -2.07. The molecule has 0 radical (unpaired) electrons. The molecule has 0 saturated heterocycles. The van der Waals surface area contributed by atoms with Crippen LogP contribution in [0.2, 0.25) is 0 Å². The monoisotopic (exact) mass is 293 g/mol. The number of aromatic hydroxyl groups is 1. The number of benzene rings is 1. The van der Waals surface area contributed by atoms with Crippen LogP contribution in [0, 0.1) is 10.1 Å². The molecule has 0 bridgehead atoms. The van der Waals surface area contributed by atoms with Crippen molar-refractivity contribution in [2.75, 3.05) is 0 Å². The maximum Gasteiger partial charge on any atom is 0.347 e. The van der Waals surface area contributed by atoms with Crippen molar-refractivity contribution < 1.29 is 19.6 Å². The molecule has 21 heavy (non-hydrogen) atoms. The van der Waals surface area contributed by atoms with Crippen molar-refractivity contribution >= 4 is 11.7 Å². The van der Waals surface area contributed by atoms with Gasteiger partial charge in [0.25, 0.3) is 5.69 Å². The molecule has 0 unspecified atom stereocenters. The predicted octanol–water partition coefficient (Wildman–Crippen LogP) is 3.96. The van der Waals surface area contributed by atoms with Gasteiger partial charge in [0.2, 0.25) is 0 Å². The van der Waals surface area contributed by atoms with Gasteiger partial charge in [0.1, 0.15) is 17.1 Å². The van der Waals surface area contributed by atoms with Gasteiger partial charge < -0.3 is 9.84 Å². The summed E-state index contributed by atoms with van der Waals surface area (Å²) in [5, 5.41) is 20.1. The molecule has 0 saturated carbocycles. The Bertz CT molecular complexity index is 537. The molecule has 1 aromatic carbocycles. The van der Waals surface area contributed by atoms with E-state index < -0.39 is 10.9 Å². The van der Waals surface area contributed by atoms with Gasteiger partial charge in [-0.05, 0) is 12.5 Å². The molecule has 0 atom stereocenters. The number of hydrogen-bond acceptors (Lipinski definition) is 5. The number of non-ortho nitro benzene ring substituents is 1. The van der Waals surface area contributed by atoms with E-state index in [1.807, 2.05) is 13.8 Å². The van der Waals surface area contributed by atoms with Crippen molar-refractivity contribution in [3.8, 4) is 5.75 Å². The van der Waals surface area contributed by atoms with Gasteiger partial charge in [0, 0.05) is 18.6 Å². The summed E-state index contributed by atoms with van der Waals surface area (Å²) >= 11 is 0. The van der Waals surface area contributed by atoms with Crippen molar-refractivity contribution in [2.24, 2.45) is 0 Å². The average Bonchev–Trinajstić information content (AvgIpc) is 2.47. The zero-order chi connectivity index (χ0) is 16.4. The van der Waals surface area contributed by atoms with Crippen LogP contribution in [-0.4, -0.2) is 16.0 Å². The lowest BCUT2D eigenvalue weighted by atomic mass is 10.2. The smallest absolute Gasteiger partial charge is 0.347 e. The first-order valence-electron chi connectivity index (χ1n) is 6.44. The highest BCUT2D eigenvalue weighted by atomic mass is 16.6. The lowest BCUT2D eigenvalue weighted by molar-refractivity contribution is -0.384. The molecular formula is C15H19NO5. The van der Waals surface area contributed by atoms with Gasteiger partial charge in [0.15, 0.2) is 0 Å². The standard InChI is InChI=1S/C13H13NO5.C2H6/c1-3-4-5-9(2)19-13(16)11-8-10(14(17)18)6-7-12(11)15;1-2/h3,6-8,15H,1-2,4-5H2;1-2H3. The van der Waals surface area contributed by atoms with Gasteiger partial charge in [0.05, 0.1) is 4.92 Å². The Hall–Kier alpha value is -2.63. The van der Waals surface area contributed by atoms with Crippen molar-refractivity contribution in [3.05, 3.63) is 58.9 Å². The summed E-state index contributed by atoms with van der Waals surface area (Å²) in [4.78, 5) is 21.7. The number of phenols is 1. The highest BCUT2D eigenvalue weighted by molar-refractivity contribution is 5.93. The molecule has 6 nitrogen and oxygen atoms in total. The van der Waals surface area contributed by atoms with E-state index in [4.69, 9.17) is 4.74 Å². The second kappa shape index (κ2) is 9.30. The van der Waals surface area contributed by atoms with E-state index in [1.165, 1.54) is 0 Å². The number of phenolic OH excluding ortho intramolecular Hbond substituents is 1. The van der Waals surface area contributed by atoms with Gasteiger partial charge >= 0.3 is 5.97 Å². The zero-order valence-corrected chi connectivity index (χ0v) is 12.2. The largest absolute Gasteiger partial charge is 0.507 e. The first-order chi connectivity index (χ1) is 9.95. The molecule has 0 fully saturated rings. The molecular weight excluding hydrogens is 274 g/mol. The summed E-state index contributed by atoms with van der Waals surface area (Å²) in [6.07, 6.45) is 2.64. The molecule has 6 heteroatoms. The van der Waals surface area contributed by atoms with Crippen LogP contribution in [0.3, 0.4) is 0 Å². The third-order valence-corrected chi connectivity index (χ3v) is 2.28. The van der Waals surface area contributed by atoms with Crippen LogP contribution >= 0.6 is 0 Å². The first kappa shape index (κ1) is 18.4. The molecule has 0 spiro atoms. The highest BCUT2D eigenvalue weighted by Crippen LogP contribution is 2.24. The van der Waals surface area contributed by atoms with Gasteiger partial charge in [-0.15, -0.1) is 6.58 Å². The molecule has 0 aliphatic carbocycles. The predicted molar refractivity (Wildman–Crippen MR) is 80.1 cm³/mol. The van der Waals surface area contributed by atoms with Crippen molar-refractivity contribution in [1.29, 1.82) is 0 Å². The number of nitro benzene ring substituents is 1. The van der Waals surface area contributed by atoms with Gasteiger partial charge in [-0.2, -0.15) is 0 Å². The topological polar surface area (TPSA) is 89.7 Å². The van der Waals surface area contributed by atoms with Gasteiger partial charge in [-0.1, -0.05) is 26.5 Å². The summed E-state index contributed by atoms with van der Waals surface area (Å²) in [5.41, 5.74) is -0.574. The molecule has 0 heterocycles. The van der Waals surface area contributed by atoms with Crippen LogP contribution in [0.25, 0.3) is 0 Å². The maximum atomic E-state index is 11.7. The van der Waals surface area contributed by atoms with Gasteiger partial charge in [-0.25, -0.2) is 4.79 Å². The fourth-order valence-electron chi connectivity index (χ4n) is 1.30. The lowest BCUT2D eigenvalue weighted by Crippen LogP contribution is -2.05. The number of rotatable bonds is 6. The minimum atomic E-state index is -0.879. The molecule has 0 amide bonds. The minimum Gasteiger partial charge on any atom is -0.507 e. The minimum absolute atomic E-state index is 0.204. The average molecular weight is 293 g/mol. The number of hydrogen-bond donors (Lipinski definition) is 1. The summed E-state index contributed by atoms with van der Waals surface area (Å²) < 4.78 is 4.89. The number of esters is 1. The van der Waals surface area contributed by atoms with E-state index in [0.717, 1.165) is 18.2 Å². The van der Waals surface area contributed by atoms with Crippen LogP contribution in [0.1, 0.15) is 37.0 Å². The Morgan fingerprint density at radius 3 is 2.62 bits per heavy atom. The van der Waals surface area contributed by atoms with Gasteiger partial charge in [-0.3, -0.25) is 10.1 Å². The maximum absolute atomic E-state index is 11.7. The van der Waals surface area contributed by atoms with Crippen LogP contribution in [0.4, 0.5) is 5.69 Å². The summed E-state index contributed by atoms with van der Waals surface area (Å²) in [6, 6.07) is 3.12. The Morgan fingerprint density at radius 1 is 1.48 bits per heavy atom. The number of carbonyl (C=O) groups excluding carboxylic acids is 1. The van der Waals surface area contributed by atoms with E-state index in [-0.39, 0.29) is 22.8 Å². The van der Waals surface area contributed by atoms with Crippen LogP contribution in [-0.2, 0) is 4.74 Å². The fourth-order valence-corrected chi connectivity index (χ4v) is 1.30. The molecule has 0 aliphatic heterocycles. The summed E-state index contributed by atoms with van der Waals surface area (Å²) in [6.45, 7) is 11.1. The number of nitro groups is 1. The normalized spacial score (nSPS) is 9.05. The number of allylic oxidation sites excluding steroid dienone is 2. The Kier molecular flexibility index (Phi) is 8.14. The molecule has 0 aliphatic rings. The molecule has 0 aromatic heterocycles. The zero-order valence-electron chi connectivity index (χ0n) is 12.2. The van der Waals surface area contributed by atoms with Crippen molar-refractivity contribution in [3.63, 3.8) is 0 Å². The third-order valence-electron chi connectivity index (χ3n) is 2.28. The molecule has 1 rings (SSSR count). The quantitative estimate of drug-likeness (QED) is 0.282. The summed E-state index contributed by atoms with van der Waals surface area (Å²) in [5.74, 6) is -1.06. The second-order valence-electron chi connectivity index (χ2n) is 3.71. The molecule has 1 aromatic rings. The first-order valence-corrected chi connectivity index (χ1v) is 6.44. The Balaban J connectivity index is 0.00000191. The number of nitrogens with zero attached hydrogens (tertiary/aromatic N) is 1. The number of carbonyl (C=O) groups is 1. The highest BCUT2D eigenvalue weighted by Gasteiger charge is 2.18. The van der Waals surface area contributed by atoms with E-state index in [2.05, 4.69) is 13.2 Å². The summed E-state index contributed by atoms with van der Waals surface area (Å²) in [7, 11) is 0. The van der Waals surface area contributed by atoms with Crippen molar-refractivity contribution in [1.82, 2.24) is 0 Å². The number of ether oxygens (including phenoxy) is 1. The van der Waals surface area contributed by atoms with Crippen molar-refractivity contribution in [2.45, 2.75) is 26.7 Å². The molecule has 1 N–H and O–H groups in total. The third kappa shape index (κ3) is 5.90. The Morgan fingerprint density at radius 2 is 2.10 bits per heavy atom. The van der Waals surface area contributed by atoms with E-state index in [1.54, 1.807) is 6.08 Å². The molecule has 114 valence electrons. The van der Waals surface area contributed by atoms with Crippen LogP contribution < -0.4 is 0 Å². The SMILES string of the molecule is C=CCCC(=C)OC(=O)c1cc([N+](=O)[O-])ccc1O.CC. The second-order valence-corrected chi connectivity index (χ2v) is 3.71. The van der Waals surface area contributed by atoms with E-state index in [0.29, 0.717) is 12.8 Å².